The fraction of sp³-hybridized carbons (Fsp3) is 0.571. The van der Waals surface area contributed by atoms with Gasteiger partial charge in [0.25, 0.3) is 0 Å². The van der Waals surface area contributed by atoms with Crippen molar-refractivity contribution in [1.29, 1.82) is 0 Å². The van der Waals surface area contributed by atoms with Gasteiger partial charge in [-0.05, 0) is 30.5 Å². The molecule has 17 heavy (non-hydrogen) atoms. The minimum Gasteiger partial charge on any atom is -0.373 e. The molecule has 0 saturated heterocycles. The Hall–Kier alpha value is -0.730. The molecule has 2 nitrogen and oxygen atoms in total. The number of nitrogens with zero attached hydrogens (tertiary/aromatic N) is 1. The van der Waals surface area contributed by atoms with Gasteiger partial charge in [-0.25, -0.2) is 0 Å². The van der Waals surface area contributed by atoms with E-state index in [1.807, 2.05) is 13.0 Å². The average Bonchev–Trinajstić information content (AvgIpc) is 2.28. The molecule has 2 N–H and O–H groups in total. The van der Waals surface area contributed by atoms with Gasteiger partial charge in [-0.1, -0.05) is 37.9 Å². The van der Waals surface area contributed by atoms with Crippen molar-refractivity contribution < 1.29 is 0 Å². The van der Waals surface area contributed by atoms with Gasteiger partial charge < -0.3 is 10.6 Å². The number of benzene rings is 1. The monoisotopic (exact) mass is 254 g/mol. The number of nitrogens with two attached hydrogens (primary N) is 1. The lowest BCUT2D eigenvalue weighted by Gasteiger charge is -2.24. The molecule has 1 rings (SSSR count). The summed E-state index contributed by atoms with van der Waals surface area (Å²) in [5.74, 6) is 0.671. The Morgan fingerprint density at radius 3 is 2.47 bits per heavy atom. The van der Waals surface area contributed by atoms with Gasteiger partial charge in [0.1, 0.15) is 0 Å². The van der Waals surface area contributed by atoms with Crippen LogP contribution in [0.5, 0.6) is 0 Å². The molecule has 1 aromatic carbocycles. The minimum absolute atomic E-state index is 0.0291. The van der Waals surface area contributed by atoms with Crippen LogP contribution in [0.3, 0.4) is 0 Å². The van der Waals surface area contributed by atoms with Crippen molar-refractivity contribution in [3.05, 3.63) is 28.8 Å². The Morgan fingerprint density at radius 1 is 1.35 bits per heavy atom. The van der Waals surface area contributed by atoms with Gasteiger partial charge in [-0.3, -0.25) is 0 Å². The van der Waals surface area contributed by atoms with Gasteiger partial charge >= 0.3 is 0 Å². The van der Waals surface area contributed by atoms with E-state index in [4.69, 9.17) is 17.3 Å². The highest BCUT2D eigenvalue weighted by Crippen LogP contribution is 2.28. The molecule has 0 aliphatic rings. The number of anilines is 1. The van der Waals surface area contributed by atoms with E-state index in [-0.39, 0.29) is 6.04 Å². The van der Waals surface area contributed by atoms with E-state index in [1.165, 1.54) is 6.42 Å². The van der Waals surface area contributed by atoms with E-state index in [9.17, 15) is 0 Å². The lowest BCUT2D eigenvalue weighted by Crippen LogP contribution is -2.24. The molecule has 0 amide bonds. The van der Waals surface area contributed by atoms with Crippen LogP contribution < -0.4 is 10.6 Å². The van der Waals surface area contributed by atoms with Crippen LogP contribution >= 0.6 is 11.6 Å². The lowest BCUT2D eigenvalue weighted by atomic mass is 10.1. The molecule has 1 unspecified atom stereocenters. The summed E-state index contributed by atoms with van der Waals surface area (Å²) in [6.45, 7) is 7.45. The first-order valence-electron chi connectivity index (χ1n) is 6.21. The normalized spacial score (nSPS) is 14.5. The number of hydrogen-bond acceptors (Lipinski definition) is 2. The van der Waals surface area contributed by atoms with Crippen LogP contribution in [0.15, 0.2) is 18.2 Å². The second kappa shape index (κ2) is 6.27. The molecule has 1 aromatic rings. The van der Waals surface area contributed by atoms with Crippen molar-refractivity contribution in [2.75, 3.05) is 18.5 Å². The molecular formula is C14H23ClN2. The van der Waals surface area contributed by atoms with Gasteiger partial charge in [-0.2, -0.15) is 0 Å². The van der Waals surface area contributed by atoms with Crippen LogP contribution in [0.25, 0.3) is 0 Å². The molecule has 0 bridgehead atoms. The zero-order chi connectivity index (χ0) is 13.0. The van der Waals surface area contributed by atoms with Crippen molar-refractivity contribution in [2.24, 2.45) is 11.7 Å². The molecule has 0 aliphatic carbocycles. The van der Waals surface area contributed by atoms with E-state index in [0.29, 0.717) is 5.92 Å². The highest BCUT2D eigenvalue weighted by atomic mass is 35.5. The second-order valence-corrected chi connectivity index (χ2v) is 5.30. The van der Waals surface area contributed by atoms with Gasteiger partial charge in [0.2, 0.25) is 0 Å². The van der Waals surface area contributed by atoms with E-state index >= 15 is 0 Å². The first-order valence-corrected chi connectivity index (χ1v) is 6.59. The maximum absolute atomic E-state index is 6.30. The van der Waals surface area contributed by atoms with E-state index in [1.54, 1.807) is 0 Å². The van der Waals surface area contributed by atoms with Crippen LogP contribution in [0, 0.1) is 5.92 Å². The zero-order valence-electron chi connectivity index (χ0n) is 11.2. The van der Waals surface area contributed by atoms with Crippen molar-refractivity contribution in [3.63, 3.8) is 0 Å². The third kappa shape index (κ3) is 3.90. The van der Waals surface area contributed by atoms with E-state index in [2.05, 4.69) is 37.9 Å². The van der Waals surface area contributed by atoms with E-state index < -0.39 is 0 Å². The first kappa shape index (κ1) is 14.3. The molecule has 0 radical (unpaired) electrons. The summed E-state index contributed by atoms with van der Waals surface area (Å²) in [6.07, 6.45) is 1.18. The molecule has 96 valence electrons. The summed E-state index contributed by atoms with van der Waals surface area (Å²) in [4.78, 5) is 2.21. The average molecular weight is 255 g/mol. The summed E-state index contributed by atoms with van der Waals surface area (Å²) < 4.78 is 0. The van der Waals surface area contributed by atoms with Crippen molar-refractivity contribution in [1.82, 2.24) is 0 Å². The fourth-order valence-corrected chi connectivity index (χ4v) is 2.14. The molecule has 0 aromatic heterocycles. The number of hydrogen-bond donors (Lipinski definition) is 1. The summed E-state index contributed by atoms with van der Waals surface area (Å²) in [5, 5.41) is 0.783. The van der Waals surface area contributed by atoms with Crippen molar-refractivity contribution >= 4 is 17.3 Å². The molecule has 0 spiro atoms. The Balaban J connectivity index is 2.84. The third-order valence-electron chi connectivity index (χ3n) is 3.19. The molecule has 0 aliphatic heterocycles. The predicted octanol–water partition coefficient (Wildman–Crippen LogP) is 3.84. The lowest BCUT2D eigenvalue weighted by molar-refractivity contribution is 0.560. The van der Waals surface area contributed by atoms with Gasteiger partial charge in [-0.15, -0.1) is 0 Å². The molecule has 3 heteroatoms. The maximum atomic E-state index is 6.30. The Labute approximate surface area is 110 Å². The van der Waals surface area contributed by atoms with Gasteiger partial charge in [0.15, 0.2) is 0 Å². The number of halogens is 1. The largest absolute Gasteiger partial charge is 0.373 e. The second-order valence-electron chi connectivity index (χ2n) is 4.89. The smallest absolute Gasteiger partial charge is 0.0642 e. The van der Waals surface area contributed by atoms with E-state index in [0.717, 1.165) is 22.8 Å². The fourth-order valence-electron chi connectivity index (χ4n) is 1.81. The Kier molecular flexibility index (Phi) is 5.29. The Bertz CT molecular complexity index is 363. The number of rotatable bonds is 5. The molecule has 2 atom stereocenters. The van der Waals surface area contributed by atoms with Crippen LogP contribution in [-0.4, -0.2) is 13.6 Å². The first-order chi connectivity index (χ1) is 7.95. The van der Waals surface area contributed by atoms with Crippen LogP contribution in [0.2, 0.25) is 5.02 Å². The molecule has 0 heterocycles. The molecule has 0 saturated carbocycles. The summed E-state index contributed by atoms with van der Waals surface area (Å²) in [6, 6.07) is 6.11. The SMILES string of the molecule is CCC(C)CN(C)c1ccc([C@@H](C)N)cc1Cl. The third-order valence-corrected chi connectivity index (χ3v) is 3.49. The Morgan fingerprint density at radius 2 is 2.00 bits per heavy atom. The van der Waals surface area contributed by atoms with Gasteiger partial charge in [0.05, 0.1) is 10.7 Å². The quantitative estimate of drug-likeness (QED) is 0.865. The summed E-state index contributed by atoms with van der Waals surface area (Å²) >= 11 is 6.30. The van der Waals surface area contributed by atoms with Crippen LogP contribution in [-0.2, 0) is 0 Å². The molecular weight excluding hydrogens is 232 g/mol. The summed E-state index contributed by atoms with van der Waals surface area (Å²) in [5.41, 5.74) is 8.00. The minimum atomic E-state index is 0.0291. The zero-order valence-corrected chi connectivity index (χ0v) is 12.0. The maximum Gasteiger partial charge on any atom is 0.0642 e. The summed E-state index contributed by atoms with van der Waals surface area (Å²) in [7, 11) is 2.08. The highest BCUT2D eigenvalue weighted by molar-refractivity contribution is 6.33. The standard InChI is InChI=1S/C14H23ClN2/c1-5-10(2)9-17(4)14-7-6-12(11(3)16)8-13(14)15/h6-8,10-11H,5,9,16H2,1-4H3/t10?,11-/m1/s1. The molecule has 0 fully saturated rings. The van der Waals surface area contributed by atoms with Crippen LogP contribution in [0.1, 0.15) is 38.8 Å². The van der Waals surface area contributed by atoms with Crippen molar-refractivity contribution in [2.45, 2.75) is 33.2 Å². The topological polar surface area (TPSA) is 29.3 Å². The highest BCUT2D eigenvalue weighted by Gasteiger charge is 2.10. The van der Waals surface area contributed by atoms with Gasteiger partial charge in [0, 0.05) is 19.6 Å². The van der Waals surface area contributed by atoms with Crippen LogP contribution in [0.4, 0.5) is 5.69 Å². The van der Waals surface area contributed by atoms with Crippen molar-refractivity contribution in [3.8, 4) is 0 Å². The predicted molar refractivity (Wildman–Crippen MR) is 76.8 cm³/mol.